The minimum Gasteiger partial charge on any atom is -0.409 e. The lowest BCUT2D eigenvalue weighted by molar-refractivity contribution is -0.127. The van der Waals surface area contributed by atoms with Crippen molar-refractivity contribution in [2.75, 3.05) is 6.54 Å². The zero-order chi connectivity index (χ0) is 15.3. The fourth-order valence-electron chi connectivity index (χ4n) is 3.92. The van der Waals surface area contributed by atoms with Gasteiger partial charge in [-0.15, -0.1) is 0 Å². The van der Waals surface area contributed by atoms with E-state index in [0.29, 0.717) is 18.8 Å². The maximum atomic E-state index is 12.5. The Labute approximate surface area is 127 Å². The molecule has 0 saturated heterocycles. The van der Waals surface area contributed by atoms with E-state index in [-0.39, 0.29) is 11.7 Å². The molecule has 2 aliphatic rings. The van der Waals surface area contributed by atoms with Gasteiger partial charge in [0.15, 0.2) is 5.84 Å². The zero-order valence-electron chi connectivity index (χ0n) is 13.1. The van der Waals surface area contributed by atoms with Crippen LogP contribution in [0, 0.1) is 17.3 Å². The highest BCUT2D eigenvalue weighted by atomic mass is 16.4. The van der Waals surface area contributed by atoms with E-state index in [1.165, 1.54) is 32.1 Å². The van der Waals surface area contributed by atoms with Crippen LogP contribution in [0.25, 0.3) is 0 Å². The first kappa shape index (κ1) is 16.1. The van der Waals surface area contributed by atoms with Crippen molar-refractivity contribution in [1.82, 2.24) is 5.32 Å². The fourth-order valence-corrected chi connectivity index (χ4v) is 3.92. The first-order valence-electron chi connectivity index (χ1n) is 8.38. The summed E-state index contributed by atoms with van der Waals surface area (Å²) in [5.74, 6) is 1.48. The Hall–Kier alpha value is -1.26. The molecule has 0 aliphatic heterocycles. The first-order chi connectivity index (χ1) is 10.1. The van der Waals surface area contributed by atoms with Crippen molar-refractivity contribution < 1.29 is 10.0 Å². The molecule has 21 heavy (non-hydrogen) atoms. The molecule has 0 aromatic heterocycles. The number of rotatable bonds is 5. The monoisotopic (exact) mass is 295 g/mol. The molecule has 4 N–H and O–H groups in total. The van der Waals surface area contributed by atoms with Gasteiger partial charge in [0, 0.05) is 6.54 Å². The lowest BCUT2D eigenvalue weighted by Crippen LogP contribution is -2.49. The van der Waals surface area contributed by atoms with Crippen molar-refractivity contribution in [2.24, 2.45) is 28.1 Å². The van der Waals surface area contributed by atoms with Crippen LogP contribution in [0.15, 0.2) is 5.16 Å². The number of carbonyl (C=O) groups excluding carboxylic acids is 1. The molecule has 2 fully saturated rings. The van der Waals surface area contributed by atoms with Crippen molar-refractivity contribution in [1.29, 1.82) is 0 Å². The van der Waals surface area contributed by atoms with Gasteiger partial charge in [-0.2, -0.15) is 0 Å². The third-order valence-corrected chi connectivity index (χ3v) is 5.58. The summed E-state index contributed by atoms with van der Waals surface area (Å²) in [6.45, 7) is 2.99. The van der Waals surface area contributed by atoms with Crippen LogP contribution in [-0.4, -0.2) is 23.5 Å². The Morgan fingerprint density at radius 1 is 1.24 bits per heavy atom. The molecule has 5 nitrogen and oxygen atoms in total. The van der Waals surface area contributed by atoms with E-state index < -0.39 is 5.41 Å². The van der Waals surface area contributed by atoms with Crippen LogP contribution < -0.4 is 11.1 Å². The van der Waals surface area contributed by atoms with E-state index in [1.54, 1.807) is 0 Å². The molecule has 0 unspecified atom stereocenters. The fraction of sp³-hybridized carbons (Fsp3) is 0.875. The van der Waals surface area contributed by atoms with Gasteiger partial charge in [-0.05, 0) is 37.5 Å². The van der Waals surface area contributed by atoms with E-state index in [0.717, 1.165) is 25.3 Å². The first-order valence-corrected chi connectivity index (χ1v) is 8.38. The van der Waals surface area contributed by atoms with Crippen molar-refractivity contribution in [3.63, 3.8) is 0 Å². The second-order valence-electron chi connectivity index (χ2n) is 6.78. The van der Waals surface area contributed by atoms with E-state index in [4.69, 9.17) is 10.9 Å². The minimum absolute atomic E-state index is 0.0482. The zero-order valence-corrected chi connectivity index (χ0v) is 13.1. The number of nitrogens with two attached hydrogens (primary N) is 1. The van der Waals surface area contributed by atoms with Crippen LogP contribution in [0.1, 0.15) is 64.7 Å². The molecule has 0 aromatic carbocycles. The summed E-state index contributed by atoms with van der Waals surface area (Å²) in [5.41, 5.74) is 5.03. The Morgan fingerprint density at radius 2 is 1.81 bits per heavy atom. The van der Waals surface area contributed by atoms with Crippen LogP contribution in [0.4, 0.5) is 0 Å². The highest BCUT2D eigenvalue weighted by Gasteiger charge is 2.45. The predicted octanol–water partition coefficient (Wildman–Crippen LogP) is 2.63. The number of nitrogens with zero attached hydrogens (tertiary/aromatic N) is 1. The van der Waals surface area contributed by atoms with Gasteiger partial charge in [-0.1, -0.05) is 44.2 Å². The maximum absolute atomic E-state index is 12.5. The van der Waals surface area contributed by atoms with Crippen molar-refractivity contribution in [3.05, 3.63) is 0 Å². The summed E-state index contributed by atoms with van der Waals surface area (Å²) in [4.78, 5) is 12.5. The second-order valence-corrected chi connectivity index (χ2v) is 6.78. The van der Waals surface area contributed by atoms with Crippen molar-refractivity contribution in [2.45, 2.75) is 64.7 Å². The summed E-state index contributed by atoms with van der Waals surface area (Å²) >= 11 is 0. The van der Waals surface area contributed by atoms with Gasteiger partial charge < -0.3 is 16.3 Å². The summed E-state index contributed by atoms with van der Waals surface area (Å²) < 4.78 is 0. The summed E-state index contributed by atoms with van der Waals surface area (Å²) in [7, 11) is 0. The van der Waals surface area contributed by atoms with Gasteiger partial charge in [0.25, 0.3) is 0 Å². The van der Waals surface area contributed by atoms with Gasteiger partial charge in [-0.3, -0.25) is 4.79 Å². The Morgan fingerprint density at radius 3 is 2.33 bits per heavy atom. The lowest BCUT2D eigenvalue weighted by Gasteiger charge is -2.30. The van der Waals surface area contributed by atoms with E-state index in [9.17, 15) is 4.79 Å². The Kier molecular flexibility index (Phi) is 5.48. The number of amides is 1. The predicted molar refractivity (Wildman–Crippen MR) is 83.1 cm³/mol. The quantitative estimate of drug-likeness (QED) is 0.315. The van der Waals surface area contributed by atoms with Gasteiger partial charge in [-0.25, -0.2) is 0 Å². The standard InChI is InChI=1S/C16H29N3O2/c1-2-12-5-7-13(8-6-12)11-18-15(20)16(14(17)19-21)9-3-4-10-16/h12-13,21H,2-11H2,1H3,(H2,17,19)(H,18,20). The van der Waals surface area contributed by atoms with Crippen LogP contribution in [0.5, 0.6) is 0 Å². The summed E-state index contributed by atoms with van der Waals surface area (Å²) in [5, 5.41) is 15.2. The summed E-state index contributed by atoms with van der Waals surface area (Å²) in [6.07, 6.45) is 9.55. The Bertz CT molecular complexity index is 381. The van der Waals surface area contributed by atoms with Gasteiger partial charge in [0.1, 0.15) is 5.41 Å². The lowest BCUT2D eigenvalue weighted by atomic mass is 9.80. The molecule has 0 aromatic rings. The molecule has 120 valence electrons. The number of amidine groups is 1. The molecule has 2 saturated carbocycles. The minimum atomic E-state index is -0.768. The average Bonchev–Trinajstić information content (AvgIpc) is 3.03. The third kappa shape index (κ3) is 3.50. The SMILES string of the molecule is CCC1CCC(CNC(=O)C2(C(N)=NO)CCCC2)CC1. The number of carbonyl (C=O) groups is 1. The van der Waals surface area contributed by atoms with Crippen molar-refractivity contribution >= 4 is 11.7 Å². The molecular weight excluding hydrogens is 266 g/mol. The molecule has 2 aliphatic carbocycles. The molecular formula is C16H29N3O2. The molecule has 0 spiro atoms. The van der Waals surface area contributed by atoms with Crippen LogP contribution in [0.2, 0.25) is 0 Å². The van der Waals surface area contributed by atoms with Crippen LogP contribution in [-0.2, 0) is 4.79 Å². The molecule has 0 heterocycles. The number of hydrogen-bond acceptors (Lipinski definition) is 3. The maximum Gasteiger partial charge on any atom is 0.233 e. The topological polar surface area (TPSA) is 87.7 Å². The highest BCUT2D eigenvalue weighted by Crippen LogP contribution is 2.39. The van der Waals surface area contributed by atoms with E-state index >= 15 is 0 Å². The van der Waals surface area contributed by atoms with Crippen LogP contribution in [0.3, 0.4) is 0 Å². The van der Waals surface area contributed by atoms with Crippen molar-refractivity contribution in [3.8, 4) is 0 Å². The van der Waals surface area contributed by atoms with Crippen LogP contribution >= 0.6 is 0 Å². The van der Waals surface area contributed by atoms with Gasteiger partial charge in [0.05, 0.1) is 0 Å². The average molecular weight is 295 g/mol. The highest BCUT2D eigenvalue weighted by molar-refractivity contribution is 6.07. The van der Waals surface area contributed by atoms with Gasteiger partial charge in [0.2, 0.25) is 5.91 Å². The molecule has 0 radical (unpaired) electrons. The Balaban J connectivity index is 1.86. The molecule has 2 rings (SSSR count). The largest absolute Gasteiger partial charge is 0.409 e. The number of hydrogen-bond donors (Lipinski definition) is 3. The number of nitrogens with one attached hydrogen (secondary N) is 1. The molecule has 1 amide bonds. The molecule has 5 heteroatoms. The number of oxime groups is 1. The smallest absolute Gasteiger partial charge is 0.233 e. The third-order valence-electron chi connectivity index (χ3n) is 5.58. The van der Waals surface area contributed by atoms with E-state index in [2.05, 4.69) is 17.4 Å². The molecule has 0 bridgehead atoms. The molecule has 0 atom stereocenters. The normalized spacial score (nSPS) is 29.3. The summed E-state index contributed by atoms with van der Waals surface area (Å²) in [6, 6.07) is 0. The second kappa shape index (κ2) is 7.14. The van der Waals surface area contributed by atoms with E-state index in [1.807, 2.05) is 0 Å². The van der Waals surface area contributed by atoms with Gasteiger partial charge >= 0.3 is 0 Å².